The van der Waals surface area contributed by atoms with Gasteiger partial charge in [0.1, 0.15) is 0 Å². The summed E-state index contributed by atoms with van der Waals surface area (Å²) in [5.41, 5.74) is 0. The summed E-state index contributed by atoms with van der Waals surface area (Å²) in [5, 5.41) is 0. The van der Waals surface area contributed by atoms with Crippen LogP contribution in [0.3, 0.4) is 0 Å². The molecule has 0 amide bonds. The minimum absolute atomic E-state index is 0.0338. The molecule has 1 heterocycles. The van der Waals surface area contributed by atoms with E-state index < -0.39 is 10.2 Å². The largest absolute Gasteiger partial charge is 0.373 e. The Kier molecular flexibility index (Phi) is 3.52. The average Bonchev–Trinajstić information content (AvgIpc) is 2.01. The van der Waals surface area contributed by atoms with Gasteiger partial charge in [-0.15, -0.1) is 0 Å². The Hall–Kier alpha value is -0.170. The molecule has 0 aromatic heterocycles. The third-order valence-electron chi connectivity index (χ3n) is 2.17. The number of hydrogen-bond donors (Lipinski definition) is 0. The molecule has 0 spiro atoms. The lowest BCUT2D eigenvalue weighted by atomic mass is 10.3. The summed E-state index contributed by atoms with van der Waals surface area (Å²) in [6.45, 7) is 4.64. The topological polar surface area (TPSA) is 49.9 Å². The highest BCUT2D eigenvalue weighted by Crippen LogP contribution is 2.15. The highest BCUT2D eigenvalue weighted by atomic mass is 32.2. The maximum atomic E-state index is 11.8. The van der Waals surface area contributed by atoms with Crippen LogP contribution in [-0.2, 0) is 14.9 Å². The van der Waals surface area contributed by atoms with Crippen LogP contribution in [0.15, 0.2) is 0 Å². The van der Waals surface area contributed by atoms with Gasteiger partial charge < -0.3 is 4.74 Å². The summed E-state index contributed by atoms with van der Waals surface area (Å²) in [6, 6.07) is 0. The minimum atomic E-state index is -3.28. The molecule has 1 rings (SSSR count). The standard InChI is InChI=1S/C8H18N2O3S/c1-7-5-10(6-8(2)13-7)14(11,12)9(3)4/h7-8H,5-6H2,1-4H3. The molecule has 14 heavy (non-hydrogen) atoms. The molecule has 1 fully saturated rings. The lowest BCUT2D eigenvalue weighted by Crippen LogP contribution is -2.51. The van der Waals surface area contributed by atoms with Crippen LogP contribution in [0.1, 0.15) is 13.8 Å². The predicted octanol–water partition coefficient (Wildman–Crippen LogP) is -0.0980. The molecule has 0 aromatic carbocycles. The van der Waals surface area contributed by atoms with Crippen molar-refractivity contribution in [3.05, 3.63) is 0 Å². The van der Waals surface area contributed by atoms with Gasteiger partial charge in [0.2, 0.25) is 0 Å². The van der Waals surface area contributed by atoms with Crippen LogP contribution in [0.25, 0.3) is 0 Å². The van der Waals surface area contributed by atoms with Crippen LogP contribution in [0.4, 0.5) is 0 Å². The average molecular weight is 222 g/mol. The maximum absolute atomic E-state index is 11.8. The van der Waals surface area contributed by atoms with E-state index in [-0.39, 0.29) is 12.2 Å². The van der Waals surface area contributed by atoms with E-state index in [9.17, 15) is 8.42 Å². The van der Waals surface area contributed by atoms with Crippen LogP contribution in [-0.4, -0.2) is 56.4 Å². The van der Waals surface area contributed by atoms with E-state index >= 15 is 0 Å². The van der Waals surface area contributed by atoms with Gasteiger partial charge in [0.05, 0.1) is 12.2 Å². The van der Waals surface area contributed by atoms with Crippen LogP contribution < -0.4 is 0 Å². The molecule has 1 aliphatic heterocycles. The van der Waals surface area contributed by atoms with E-state index in [0.29, 0.717) is 13.1 Å². The Bertz CT molecular complexity index is 279. The second-order valence-electron chi connectivity index (χ2n) is 3.86. The lowest BCUT2D eigenvalue weighted by Gasteiger charge is -2.35. The van der Waals surface area contributed by atoms with Crippen molar-refractivity contribution >= 4 is 10.2 Å². The zero-order chi connectivity index (χ0) is 10.9. The quantitative estimate of drug-likeness (QED) is 0.655. The van der Waals surface area contributed by atoms with Crippen molar-refractivity contribution in [3.8, 4) is 0 Å². The van der Waals surface area contributed by atoms with E-state index in [4.69, 9.17) is 4.74 Å². The van der Waals surface area contributed by atoms with Gasteiger partial charge in [0.25, 0.3) is 10.2 Å². The van der Waals surface area contributed by atoms with E-state index in [1.807, 2.05) is 13.8 Å². The van der Waals surface area contributed by atoms with E-state index in [1.165, 1.54) is 8.61 Å². The van der Waals surface area contributed by atoms with Crippen molar-refractivity contribution < 1.29 is 13.2 Å². The van der Waals surface area contributed by atoms with Gasteiger partial charge in [-0.1, -0.05) is 0 Å². The molecule has 1 aliphatic rings. The fraction of sp³-hybridized carbons (Fsp3) is 1.00. The molecule has 84 valence electrons. The van der Waals surface area contributed by atoms with Gasteiger partial charge in [-0.2, -0.15) is 17.0 Å². The van der Waals surface area contributed by atoms with Gasteiger partial charge in [0.15, 0.2) is 0 Å². The van der Waals surface area contributed by atoms with Gasteiger partial charge in [0, 0.05) is 27.2 Å². The van der Waals surface area contributed by atoms with Crippen molar-refractivity contribution in [1.82, 2.24) is 8.61 Å². The van der Waals surface area contributed by atoms with Crippen molar-refractivity contribution in [2.75, 3.05) is 27.2 Å². The Balaban J connectivity index is 2.78. The monoisotopic (exact) mass is 222 g/mol. The molecule has 2 unspecified atom stereocenters. The number of rotatable bonds is 2. The summed E-state index contributed by atoms with van der Waals surface area (Å²) in [5.74, 6) is 0. The normalized spacial score (nSPS) is 30.9. The molecular weight excluding hydrogens is 204 g/mol. The summed E-state index contributed by atoms with van der Waals surface area (Å²) in [6.07, 6.45) is -0.0676. The third-order valence-corrected chi connectivity index (χ3v) is 4.05. The zero-order valence-corrected chi connectivity index (χ0v) is 9.91. The molecule has 0 N–H and O–H groups in total. The van der Waals surface area contributed by atoms with E-state index in [1.54, 1.807) is 14.1 Å². The summed E-state index contributed by atoms with van der Waals surface area (Å²) >= 11 is 0. The van der Waals surface area contributed by atoms with Crippen LogP contribution in [0.2, 0.25) is 0 Å². The summed E-state index contributed by atoms with van der Waals surface area (Å²) in [4.78, 5) is 0. The molecule has 1 saturated heterocycles. The molecule has 5 nitrogen and oxygen atoms in total. The summed E-state index contributed by atoms with van der Waals surface area (Å²) in [7, 11) is -0.196. The first-order valence-electron chi connectivity index (χ1n) is 4.67. The minimum Gasteiger partial charge on any atom is -0.373 e. The Morgan fingerprint density at radius 3 is 2.00 bits per heavy atom. The maximum Gasteiger partial charge on any atom is 0.281 e. The highest BCUT2D eigenvalue weighted by molar-refractivity contribution is 7.86. The third kappa shape index (κ3) is 2.44. The molecule has 0 aromatic rings. The van der Waals surface area contributed by atoms with Crippen molar-refractivity contribution in [2.24, 2.45) is 0 Å². The fourth-order valence-corrected chi connectivity index (χ4v) is 2.81. The second kappa shape index (κ2) is 4.14. The predicted molar refractivity (Wildman–Crippen MR) is 54.2 cm³/mol. The number of nitrogens with zero attached hydrogens (tertiary/aromatic N) is 2. The van der Waals surface area contributed by atoms with Crippen LogP contribution >= 0.6 is 0 Å². The SMILES string of the molecule is CC1CN(S(=O)(=O)N(C)C)CC(C)O1. The number of ether oxygens (including phenoxy) is 1. The first-order valence-corrected chi connectivity index (χ1v) is 6.06. The van der Waals surface area contributed by atoms with Crippen LogP contribution in [0, 0.1) is 0 Å². The lowest BCUT2D eigenvalue weighted by molar-refractivity contribution is -0.0451. The first-order chi connectivity index (χ1) is 6.34. The van der Waals surface area contributed by atoms with Crippen molar-refractivity contribution in [1.29, 1.82) is 0 Å². The van der Waals surface area contributed by atoms with E-state index in [0.717, 1.165) is 0 Å². The first kappa shape index (κ1) is 11.9. The second-order valence-corrected chi connectivity index (χ2v) is 6.01. The molecule has 0 saturated carbocycles. The van der Waals surface area contributed by atoms with Crippen LogP contribution in [0.5, 0.6) is 0 Å². The van der Waals surface area contributed by atoms with Crippen molar-refractivity contribution in [3.63, 3.8) is 0 Å². The molecule has 2 atom stereocenters. The fourth-order valence-electron chi connectivity index (χ4n) is 1.55. The highest BCUT2D eigenvalue weighted by Gasteiger charge is 2.32. The molecule has 0 bridgehead atoms. The molecular formula is C8H18N2O3S. The zero-order valence-electron chi connectivity index (χ0n) is 9.10. The smallest absolute Gasteiger partial charge is 0.281 e. The van der Waals surface area contributed by atoms with Gasteiger partial charge in [-0.25, -0.2) is 0 Å². The van der Waals surface area contributed by atoms with Gasteiger partial charge >= 0.3 is 0 Å². The molecule has 6 heteroatoms. The number of morpholine rings is 1. The Morgan fingerprint density at radius 2 is 1.64 bits per heavy atom. The summed E-state index contributed by atoms with van der Waals surface area (Å²) < 4.78 is 31.7. The molecule has 0 aliphatic carbocycles. The Morgan fingerprint density at radius 1 is 1.21 bits per heavy atom. The Labute approximate surface area is 85.8 Å². The van der Waals surface area contributed by atoms with Crippen molar-refractivity contribution in [2.45, 2.75) is 26.1 Å². The van der Waals surface area contributed by atoms with E-state index in [2.05, 4.69) is 0 Å². The molecule has 0 radical (unpaired) electrons. The van der Waals surface area contributed by atoms with Gasteiger partial charge in [-0.05, 0) is 13.8 Å². The van der Waals surface area contributed by atoms with Gasteiger partial charge in [-0.3, -0.25) is 0 Å². The number of hydrogen-bond acceptors (Lipinski definition) is 3.